The lowest BCUT2D eigenvalue weighted by Crippen LogP contribution is -2.45. The summed E-state index contributed by atoms with van der Waals surface area (Å²) in [4.78, 5) is 32.9. The molecule has 0 spiro atoms. The molecule has 2 atom stereocenters. The Hall–Kier alpha value is -1.83. The second-order valence-electron chi connectivity index (χ2n) is 4.82. The Kier molecular flexibility index (Phi) is 6.78. The molecule has 0 heterocycles. The van der Waals surface area contributed by atoms with Crippen LogP contribution >= 0.6 is 0 Å². The minimum Gasteiger partial charge on any atom is -0.481 e. The summed E-state index contributed by atoms with van der Waals surface area (Å²) in [6.07, 6.45) is 2.70. The van der Waals surface area contributed by atoms with Crippen LogP contribution in [0.15, 0.2) is 0 Å². The van der Waals surface area contributed by atoms with Crippen molar-refractivity contribution < 1.29 is 24.2 Å². The van der Waals surface area contributed by atoms with Crippen LogP contribution in [0.3, 0.4) is 0 Å². The summed E-state index contributed by atoms with van der Waals surface area (Å²) in [5.41, 5.74) is 4.88. The van der Waals surface area contributed by atoms with Crippen LogP contribution in [0.1, 0.15) is 25.7 Å². The second kappa shape index (κ2) is 8.36. The maximum Gasteiger partial charge on any atom is 0.315 e. The first kappa shape index (κ1) is 16.2. The van der Waals surface area contributed by atoms with Crippen molar-refractivity contribution in [3.05, 3.63) is 0 Å². The standard InChI is InChI=1S/C12H21N3O5/c13-10(16)7-20-5-4-14-12(19)15-9-3-1-2-8(6-9)11(17)18/h8-9H,1-7H2,(H2,13,16)(H,17,18)(H2,14,15,19). The van der Waals surface area contributed by atoms with Gasteiger partial charge in [0.15, 0.2) is 0 Å². The number of nitrogens with one attached hydrogen (secondary N) is 2. The normalized spacial score (nSPS) is 22.0. The van der Waals surface area contributed by atoms with E-state index in [9.17, 15) is 14.4 Å². The highest BCUT2D eigenvalue weighted by Crippen LogP contribution is 2.24. The molecular formula is C12H21N3O5. The Morgan fingerprint density at radius 1 is 1.30 bits per heavy atom. The maximum absolute atomic E-state index is 11.6. The fourth-order valence-corrected chi connectivity index (χ4v) is 2.19. The van der Waals surface area contributed by atoms with Crippen LogP contribution in [0.25, 0.3) is 0 Å². The van der Waals surface area contributed by atoms with E-state index >= 15 is 0 Å². The third kappa shape index (κ3) is 6.37. The minimum absolute atomic E-state index is 0.114. The van der Waals surface area contributed by atoms with E-state index in [1.807, 2.05) is 0 Å². The molecule has 1 rings (SSSR count). The van der Waals surface area contributed by atoms with E-state index in [-0.39, 0.29) is 37.7 Å². The molecule has 1 aliphatic carbocycles. The predicted molar refractivity (Wildman–Crippen MR) is 69.9 cm³/mol. The number of nitrogens with two attached hydrogens (primary N) is 1. The average molecular weight is 287 g/mol. The molecule has 0 aliphatic heterocycles. The zero-order valence-electron chi connectivity index (χ0n) is 11.3. The monoisotopic (exact) mass is 287 g/mol. The molecule has 8 nitrogen and oxygen atoms in total. The molecule has 1 aliphatic rings. The number of carboxylic acids is 1. The third-order valence-electron chi connectivity index (χ3n) is 3.13. The van der Waals surface area contributed by atoms with Crippen LogP contribution in [0.5, 0.6) is 0 Å². The van der Waals surface area contributed by atoms with Crippen LogP contribution in [0, 0.1) is 5.92 Å². The molecule has 1 saturated carbocycles. The van der Waals surface area contributed by atoms with Gasteiger partial charge in [-0.15, -0.1) is 0 Å². The van der Waals surface area contributed by atoms with Gasteiger partial charge >= 0.3 is 12.0 Å². The van der Waals surface area contributed by atoms with E-state index < -0.39 is 11.9 Å². The van der Waals surface area contributed by atoms with Crippen LogP contribution in [-0.4, -0.2) is 48.8 Å². The summed E-state index contributed by atoms with van der Waals surface area (Å²) in [6.45, 7) is 0.277. The van der Waals surface area contributed by atoms with Crippen LogP contribution in [0.4, 0.5) is 4.79 Å². The molecule has 5 N–H and O–H groups in total. The fraction of sp³-hybridized carbons (Fsp3) is 0.750. The number of carboxylic acid groups (broad SMARTS) is 1. The summed E-state index contributed by atoms with van der Waals surface area (Å²) in [7, 11) is 0. The van der Waals surface area contributed by atoms with Crippen molar-refractivity contribution in [3.8, 4) is 0 Å². The maximum atomic E-state index is 11.6. The van der Waals surface area contributed by atoms with E-state index in [1.165, 1.54) is 0 Å². The predicted octanol–water partition coefficient (Wildman–Crippen LogP) is -0.569. The smallest absolute Gasteiger partial charge is 0.315 e. The van der Waals surface area contributed by atoms with E-state index in [2.05, 4.69) is 10.6 Å². The molecule has 1 fully saturated rings. The Labute approximate surface area is 117 Å². The van der Waals surface area contributed by atoms with Gasteiger partial charge in [0.05, 0.1) is 12.5 Å². The highest BCUT2D eigenvalue weighted by atomic mass is 16.5. The summed E-state index contributed by atoms with van der Waals surface area (Å²) in [6, 6.07) is -0.472. The second-order valence-corrected chi connectivity index (χ2v) is 4.82. The molecule has 0 saturated heterocycles. The van der Waals surface area contributed by atoms with Gasteiger partial charge in [-0.3, -0.25) is 9.59 Å². The number of carbonyl (C=O) groups excluding carboxylic acids is 2. The van der Waals surface area contributed by atoms with Gasteiger partial charge < -0.3 is 26.2 Å². The molecule has 8 heteroatoms. The van der Waals surface area contributed by atoms with Gasteiger partial charge in [0.2, 0.25) is 5.91 Å². The van der Waals surface area contributed by atoms with Crippen molar-refractivity contribution in [2.75, 3.05) is 19.8 Å². The van der Waals surface area contributed by atoms with Crippen molar-refractivity contribution in [1.82, 2.24) is 10.6 Å². The van der Waals surface area contributed by atoms with Crippen molar-refractivity contribution in [3.63, 3.8) is 0 Å². The van der Waals surface area contributed by atoms with Crippen molar-refractivity contribution in [2.45, 2.75) is 31.7 Å². The molecule has 114 valence electrons. The first-order valence-corrected chi connectivity index (χ1v) is 6.62. The summed E-state index contributed by atoms with van der Waals surface area (Å²) < 4.78 is 4.89. The first-order chi connectivity index (χ1) is 9.49. The van der Waals surface area contributed by atoms with E-state index in [4.69, 9.17) is 15.6 Å². The Morgan fingerprint density at radius 3 is 2.70 bits per heavy atom. The lowest BCUT2D eigenvalue weighted by molar-refractivity contribution is -0.143. The lowest BCUT2D eigenvalue weighted by Gasteiger charge is -2.27. The number of hydrogen-bond donors (Lipinski definition) is 4. The topological polar surface area (TPSA) is 131 Å². The highest BCUT2D eigenvalue weighted by Gasteiger charge is 2.27. The zero-order chi connectivity index (χ0) is 15.0. The SMILES string of the molecule is NC(=O)COCCNC(=O)NC1CCCC(C(=O)O)C1. The largest absolute Gasteiger partial charge is 0.481 e. The van der Waals surface area contributed by atoms with Gasteiger partial charge in [0, 0.05) is 12.6 Å². The fourth-order valence-electron chi connectivity index (χ4n) is 2.19. The summed E-state index contributed by atoms with van der Waals surface area (Å²) in [5.74, 6) is -1.75. The molecule has 20 heavy (non-hydrogen) atoms. The number of amides is 3. The summed E-state index contributed by atoms with van der Waals surface area (Å²) >= 11 is 0. The van der Waals surface area contributed by atoms with Gasteiger partial charge in [0.1, 0.15) is 6.61 Å². The number of carbonyl (C=O) groups is 3. The molecule has 3 amide bonds. The average Bonchev–Trinajstić information content (AvgIpc) is 2.38. The number of ether oxygens (including phenoxy) is 1. The van der Waals surface area contributed by atoms with Gasteiger partial charge in [-0.25, -0.2) is 4.79 Å². The van der Waals surface area contributed by atoms with Crippen LogP contribution in [-0.2, 0) is 14.3 Å². The van der Waals surface area contributed by atoms with Gasteiger partial charge in [-0.05, 0) is 19.3 Å². The lowest BCUT2D eigenvalue weighted by atomic mass is 9.86. The summed E-state index contributed by atoms with van der Waals surface area (Å²) in [5, 5.41) is 14.3. The van der Waals surface area contributed by atoms with E-state index in [0.29, 0.717) is 12.8 Å². The van der Waals surface area contributed by atoms with Crippen molar-refractivity contribution in [1.29, 1.82) is 0 Å². The molecule has 0 aromatic heterocycles. The third-order valence-corrected chi connectivity index (χ3v) is 3.13. The molecule has 0 bridgehead atoms. The van der Waals surface area contributed by atoms with Crippen LogP contribution < -0.4 is 16.4 Å². The Balaban J connectivity index is 2.15. The molecule has 0 aromatic rings. The molecule has 2 unspecified atom stereocenters. The quantitative estimate of drug-likeness (QED) is 0.466. The molecular weight excluding hydrogens is 266 g/mol. The number of urea groups is 1. The van der Waals surface area contributed by atoms with Gasteiger partial charge in [-0.1, -0.05) is 6.42 Å². The first-order valence-electron chi connectivity index (χ1n) is 6.62. The van der Waals surface area contributed by atoms with Crippen molar-refractivity contribution in [2.24, 2.45) is 11.7 Å². The van der Waals surface area contributed by atoms with Crippen molar-refractivity contribution >= 4 is 17.9 Å². The van der Waals surface area contributed by atoms with Crippen LogP contribution in [0.2, 0.25) is 0 Å². The minimum atomic E-state index is -0.809. The highest BCUT2D eigenvalue weighted by molar-refractivity contribution is 5.75. The molecule has 0 radical (unpaired) electrons. The zero-order valence-corrected chi connectivity index (χ0v) is 11.3. The molecule has 0 aromatic carbocycles. The Morgan fingerprint density at radius 2 is 2.05 bits per heavy atom. The number of primary amides is 1. The number of hydrogen-bond acceptors (Lipinski definition) is 4. The van der Waals surface area contributed by atoms with E-state index in [1.54, 1.807) is 0 Å². The van der Waals surface area contributed by atoms with Gasteiger partial charge in [-0.2, -0.15) is 0 Å². The van der Waals surface area contributed by atoms with E-state index in [0.717, 1.165) is 12.8 Å². The number of rotatable bonds is 7. The van der Waals surface area contributed by atoms with Gasteiger partial charge in [0.25, 0.3) is 0 Å². The Bertz CT molecular complexity index is 361. The number of aliphatic carboxylic acids is 1.